The van der Waals surface area contributed by atoms with E-state index in [4.69, 9.17) is 5.73 Å². The lowest BCUT2D eigenvalue weighted by Crippen LogP contribution is -2.17. The second kappa shape index (κ2) is 6.79. The zero-order valence-electron chi connectivity index (χ0n) is 14.1. The Bertz CT molecular complexity index is 763. The fourth-order valence-electron chi connectivity index (χ4n) is 3.04. The molecule has 1 aliphatic rings. The molecule has 0 saturated heterocycles. The van der Waals surface area contributed by atoms with Crippen molar-refractivity contribution in [3.8, 4) is 0 Å². The molecule has 0 spiro atoms. The summed E-state index contributed by atoms with van der Waals surface area (Å²) >= 11 is 0. The zero-order chi connectivity index (χ0) is 17.1. The number of nitrogens with one attached hydrogen (secondary N) is 1. The number of carbonyl (C=O) groups is 1. The van der Waals surface area contributed by atoms with Gasteiger partial charge in [-0.05, 0) is 42.2 Å². The molecule has 4 heteroatoms. The minimum atomic E-state index is 0.153. The Morgan fingerprint density at radius 1 is 1.04 bits per heavy atom. The van der Waals surface area contributed by atoms with E-state index in [9.17, 15) is 4.79 Å². The first-order valence-electron chi connectivity index (χ1n) is 8.15. The molecule has 124 valence electrons. The summed E-state index contributed by atoms with van der Waals surface area (Å²) in [6.07, 6.45) is 3.06. The smallest absolute Gasteiger partial charge is 0.158 e. The predicted octanol–water partition coefficient (Wildman–Crippen LogP) is 3.78. The van der Waals surface area contributed by atoms with Crippen molar-refractivity contribution in [2.75, 3.05) is 30.0 Å². The average molecular weight is 321 g/mol. The van der Waals surface area contributed by atoms with Crippen LogP contribution in [-0.2, 0) is 4.79 Å². The second-order valence-electron chi connectivity index (χ2n) is 6.44. The summed E-state index contributed by atoms with van der Waals surface area (Å²) in [5.74, 6) is 0.353. The first-order valence-corrected chi connectivity index (χ1v) is 8.15. The molecular weight excluding hydrogens is 298 g/mol. The van der Waals surface area contributed by atoms with E-state index in [1.807, 2.05) is 38.4 Å². The van der Waals surface area contributed by atoms with Crippen molar-refractivity contribution in [1.82, 2.24) is 0 Å². The topological polar surface area (TPSA) is 58.4 Å². The zero-order valence-corrected chi connectivity index (χ0v) is 14.1. The number of hydrogen-bond donors (Lipinski definition) is 2. The third kappa shape index (κ3) is 3.59. The predicted molar refractivity (Wildman–Crippen MR) is 100 cm³/mol. The summed E-state index contributed by atoms with van der Waals surface area (Å²) in [6.45, 7) is 0. The molecule has 3 N–H and O–H groups in total. The van der Waals surface area contributed by atoms with E-state index >= 15 is 0 Å². The molecule has 0 fully saturated rings. The lowest BCUT2D eigenvalue weighted by molar-refractivity contribution is -0.115. The van der Waals surface area contributed by atoms with Gasteiger partial charge >= 0.3 is 0 Å². The van der Waals surface area contributed by atoms with Gasteiger partial charge in [-0.25, -0.2) is 0 Å². The van der Waals surface area contributed by atoms with E-state index in [1.54, 1.807) is 6.08 Å². The standard InChI is InChI=1S/C20H23N3O/c1-23(2)17-9-7-14(8-10-17)15-11-16(13-18(24)12-15)22-20-6-4-3-5-19(20)21/h3-10,13,15,22H,11-12,21H2,1-2H3/t15-/m1/s1. The molecule has 2 aromatic carbocycles. The molecule has 2 aromatic rings. The van der Waals surface area contributed by atoms with Gasteiger partial charge < -0.3 is 16.0 Å². The number of para-hydroxylation sites is 2. The molecule has 1 atom stereocenters. The highest BCUT2D eigenvalue weighted by Crippen LogP contribution is 2.33. The minimum Gasteiger partial charge on any atom is -0.397 e. The highest BCUT2D eigenvalue weighted by atomic mass is 16.1. The molecule has 0 heterocycles. The van der Waals surface area contributed by atoms with Crippen molar-refractivity contribution in [1.29, 1.82) is 0 Å². The van der Waals surface area contributed by atoms with Crippen LogP contribution in [0.15, 0.2) is 60.3 Å². The van der Waals surface area contributed by atoms with Crippen LogP contribution in [0.5, 0.6) is 0 Å². The average Bonchev–Trinajstić information content (AvgIpc) is 2.56. The summed E-state index contributed by atoms with van der Waals surface area (Å²) in [5.41, 5.74) is 10.8. The van der Waals surface area contributed by atoms with E-state index in [0.29, 0.717) is 12.1 Å². The first kappa shape index (κ1) is 16.1. The molecule has 1 aliphatic carbocycles. The van der Waals surface area contributed by atoms with Crippen LogP contribution in [0.1, 0.15) is 24.3 Å². The molecular formula is C20H23N3O. The number of nitrogen functional groups attached to an aromatic ring is 1. The Morgan fingerprint density at radius 2 is 1.75 bits per heavy atom. The van der Waals surface area contributed by atoms with Crippen molar-refractivity contribution in [3.63, 3.8) is 0 Å². The fourth-order valence-corrected chi connectivity index (χ4v) is 3.04. The Kier molecular flexibility index (Phi) is 4.56. The molecule has 0 radical (unpaired) electrons. The van der Waals surface area contributed by atoms with Gasteiger partial charge in [0.1, 0.15) is 0 Å². The number of nitrogens with zero attached hydrogens (tertiary/aromatic N) is 1. The fraction of sp³-hybridized carbons (Fsp3) is 0.250. The Hall–Kier alpha value is -2.75. The molecule has 0 amide bonds. The van der Waals surface area contributed by atoms with Crippen molar-refractivity contribution in [2.45, 2.75) is 18.8 Å². The second-order valence-corrected chi connectivity index (χ2v) is 6.44. The molecule has 0 bridgehead atoms. The van der Waals surface area contributed by atoms with Gasteiger partial charge in [-0.3, -0.25) is 4.79 Å². The van der Waals surface area contributed by atoms with Gasteiger partial charge in [0.25, 0.3) is 0 Å². The maximum Gasteiger partial charge on any atom is 0.158 e. The number of nitrogens with two attached hydrogens (primary N) is 1. The summed E-state index contributed by atoms with van der Waals surface area (Å²) in [6, 6.07) is 16.0. The van der Waals surface area contributed by atoms with Gasteiger partial charge in [-0.15, -0.1) is 0 Å². The highest BCUT2D eigenvalue weighted by molar-refractivity contribution is 5.92. The first-order chi connectivity index (χ1) is 11.5. The van der Waals surface area contributed by atoms with Crippen LogP contribution in [0.25, 0.3) is 0 Å². The lowest BCUT2D eigenvalue weighted by Gasteiger charge is -2.24. The number of allylic oxidation sites excluding steroid dienone is 2. The van der Waals surface area contributed by atoms with Crippen LogP contribution in [0.2, 0.25) is 0 Å². The molecule has 0 unspecified atom stereocenters. The molecule has 0 aromatic heterocycles. The summed E-state index contributed by atoms with van der Waals surface area (Å²) in [5, 5.41) is 3.32. The third-order valence-corrected chi connectivity index (χ3v) is 4.39. The number of hydrogen-bond acceptors (Lipinski definition) is 4. The van der Waals surface area contributed by atoms with Crippen molar-refractivity contribution < 1.29 is 4.79 Å². The summed E-state index contributed by atoms with van der Waals surface area (Å²) < 4.78 is 0. The third-order valence-electron chi connectivity index (χ3n) is 4.39. The number of anilines is 3. The van der Waals surface area contributed by atoms with Crippen molar-refractivity contribution in [3.05, 3.63) is 65.9 Å². The van der Waals surface area contributed by atoms with Crippen LogP contribution in [-0.4, -0.2) is 19.9 Å². The Balaban J connectivity index is 1.77. The Labute approximate surface area is 143 Å². The van der Waals surface area contributed by atoms with Crippen LogP contribution in [0.4, 0.5) is 17.1 Å². The van der Waals surface area contributed by atoms with Crippen LogP contribution >= 0.6 is 0 Å². The number of carbonyl (C=O) groups excluding carboxylic acids is 1. The summed E-state index contributed by atoms with van der Waals surface area (Å²) in [4.78, 5) is 14.2. The minimum absolute atomic E-state index is 0.153. The van der Waals surface area contributed by atoms with Crippen LogP contribution < -0.4 is 16.0 Å². The van der Waals surface area contributed by atoms with Gasteiger partial charge in [0.15, 0.2) is 5.78 Å². The van der Waals surface area contributed by atoms with E-state index in [1.165, 1.54) is 5.56 Å². The SMILES string of the molecule is CN(C)c1ccc([C@H]2CC(=O)C=C(Nc3ccccc3N)C2)cc1. The largest absolute Gasteiger partial charge is 0.397 e. The molecule has 0 saturated carbocycles. The Morgan fingerprint density at radius 3 is 2.42 bits per heavy atom. The van der Waals surface area contributed by atoms with Gasteiger partial charge in [0, 0.05) is 38.0 Å². The van der Waals surface area contributed by atoms with E-state index in [0.717, 1.165) is 23.5 Å². The number of benzene rings is 2. The maximum absolute atomic E-state index is 12.2. The molecule has 3 rings (SSSR count). The number of rotatable bonds is 4. The monoisotopic (exact) mass is 321 g/mol. The van der Waals surface area contributed by atoms with Gasteiger partial charge in [-0.2, -0.15) is 0 Å². The molecule has 24 heavy (non-hydrogen) atoms. The maximum atomic E-state index is 12.2. The van der Waals surface area contributed by atoms with E-state index < -0.39 is 0 Å². The molecule has 0 aliphatic heterocycles. The summed E-state index contributed by atoms with van der Waals surface area (Å²) in [7, 11) is 4.04. The molecule has 4 nitrogen and oxygen atoms in total. The van der Waals surface area contributed by atoms with E-state index in [2.05, 4.69) is 34.5 Å². The van der Waals surface area contributed by atoms with Crippen LogP contribution in [0.3, 0.4) is 0 Å². The quantitative estimate of drug-likeness (QED) is 0.842. The lowest BCUT2D eigenvalue weighted by atomic mass is 9.85. The van der Waals surface area contributed by atoms with Gasteiger partial charge in [0.05, 0.1) is 11.4 Å². The highest BCUT2D eigenvalue weighted by Gasteiger charge is 2.22. The van der Waals surface area contributed by atoms with Gasteiger partial charge in [-0.1, -0.05) is 24.3 Å². The van der Waals surface area contributed by atoms with Gasteiger partial charge in [0.2, 0.25) is 0 Å². The normalized spacial score (nSPS) is 17.3. The van der Waals surface area contributed by atoms with E-state index in [-0.39, 0.29) is 11.7 Å². The van der Waals surface area contributed by atoms with Crippen molar-refractivity contribution in [2.24, 2.45) is 0 Å². The van der Waals surface area contributed by atoms with Crippen molar-refractivity contribution >= 4 is 22.8 Å². The number of ketones is 1. The van der Waals surface area contributed by atoms with Crippen LogP contribution in [0, 0.1) is 0 Å².